The number of nitrogen functional groups attached to an aromatic ring is 1. The molecule has 0 bridgehead atoms. The molecule has 17 heavy (non-hydrogen) atoms. The third-order valence-electron chi connectivity index (χ3n) is 2.96. The summed E-state index contributed by atoms with van der Waals surface area (Å²) in [6.45, 7) is 0. The van der Waals surface area contributed by atoms with E-state index in [1.54, 1.807) is 12.4 Å². The molecule has 1 aliphatic rings. The molecule has 1 fully saturated rings. The molecule has 0 amide bonds. The zero-order valence-corrected chi connectivity index (χ0v) is 9.78. The van der Waals surface area contributed by atoms with Gasteiger partial charge in [-0.15, -0.1) is 0 Å². The SMILES string of the molecule is Nc1c(-c2ccc(F)cc2Cl)ncn1C1CC1. The van der Waals surface area contributed by atoms with E-state index < -0.39 is 0 Å². The first-order valence-electron chi connectivity index (χ1n) is 5.44. The highest BCUT2D eigenvalue weighted by Gasteiger charge is 2.26. The molecular formula is C12H11ClFN3. The highest BCUT2D eigenvalue weighted by Crippen LogP contribution is 2.40. The number of imidazole rings is 1. The lowest BCUT2D eigenvalue weighted by Crippen LogP contribution is -1.99. The van der Waals surface area contributed by atoms with Gasteiger partial charge in [-0.05, 0) is 31.0 Å². The van der Waals surface area contributed by atoms with Crippen molar-refractivity contribution in [2.45, 2.75) is 18.9 Å². The topological polar surface area (TPSA) is 43.8 Å². The van der Waals surface area contributed by atoms with Crippen molar-refractivity contribution >= 4 is 17.4 Å². The van der Waals surface area contributed by atoms with Crippen molar-refractivity contribution in [3.63, 3.8) is 0 Å². The maximum atomic E-state index is 13.0. The van der Waals surface area contributed by atoms with Crippen LogP contribution in [0.1, 0.15) is 18.9 Å². The van der Waals surface area contributed by atoms with Gasteiger partial charge in [0.2, 0.25) is 0 Å². The summed E-state index contributed by atoms with van der Waals surface area (Å²) in [4.78, 5) is 4.27. The molecule has 0 spiro atoms. The van der Waals surface area contributed by atoms with Crippen molar-refractivity contribution < 1.29 is 4.39 Å². The van der Waals surface area contributed by atoms with E-state index in [0.29, 0.717) is 28.1 Å². The van der Waals surface area contributed by atoms with Crippen molar-refractivity contribution in [1.82, 2.24) is 9.55 Å². The number of halogens is 2. The van der Waals surface area contributed by atoms with Crippen molar-refractivity contribution in [1.29, 1.82) is 0 Å². The molecule has 3 nitrogen and oxygen atoms in total. The Morgan fingerprint density at radius 3 is 2.82 bits per heavy atom. The van der Waals surface area contributed by atoms with Gasteiger partial charge in [-0.25, -0.2) is 9.37 Å². The molecule has 3 rings (SSSR count). The molecule has 1 aromatic carbocycles. The smallest absolute Gasteiger partial charge is 0.131 e. The minimum atomic E-state index is -0.362. The van der Waals surface area contributed by atoms with E-state index in [4.69, 9.17) is 17.3 Å². The van der Waals surface area contributed by atoms with Crippen LogP contribution in [-0.2, 0) is 0 Å². The Labute approximate surface area is 103 Å². The van der Waals surface area contributed by atoms with E-state index in [1.165, 1.54) is 12.1 Å². The van der Waals surface area contributed by atoms with Gasteiger partial charge in [0, 0.05) is 11.6 Å². The predicted molar refractivity (Wildman–Crippen MR) is 65.3 cm³/mol. The fourth-order valence-electron chi connectivity index (χ4n) is 1.90. The predicted octanol–water partition coefficient (Wildman–Crippen LogP) is 3.26. The lowest BCUT2D eigenvalue weighted by Gasteiger charge is -2.05. The molecule has 0 saturated heterocycles. The fraction of sp³-hybridized carbons (Fsp3) is 0.250. The molecular weight excluding hydrogens is 241 g/mol. The van der Waals surface area contributed by atoms with Gasteiger partial charge in [-0.1, -0.05) is 11.6 Å². The normalized spacial score (nSPS) is 15.2. The number of rotatable bonds is 2. The largest absolute Gasteiger partial charge is 0.383 e. The lowest BCUT2D eigenvalue weighted by molar-refractivity contribution is 0.628. The van der Waals surface area contributed by atoms with Crippen molar-refractivity contribution in [2.24, 2.45) is 0 Å². The monoisotopic (exact) mass is 251 g/mol. The van der Waals surface area contributed by atoms with Gasteiger partial charge >= 0.3 is 0 Å². The lowest BCUT2D eigenvalue weighted by atomic mass is 10.1. The van der Waals surface area contributed by atoms with E-state index in [9.17, 15) is 4.39 Å². The summed E-state index contributed by atoms with van der Waals surface area (Å²) in [7, 11) is 0. The standard InChI is InChI=1S/C12H11ClFN3/c13-10-5-7(14)1-4-9(10)11-12(15)17(6-16-11)8-2-3-8/h1,4-6,8H,2-3,15H2. The minimum absolute atomic E-state index is 0.331. The number of hydrogen-bond donors (Lipinski definition) is 1. The van der Waals surface area contributed by atoms with Gasteiger partial charge in [-0.3, -0.25) is 0 Å². The zero-order chi connectivity index (χ0) is 12.0. The first-order valence-corrected chi connectivity index (χ1v) is 5.82. The highest BCUT2D eigenvalue weighted by molar-refractivity contribution is 6.33. The van der Waals surface area contributed by atoms with Crippen molar-refractivity contribution in [2.75, 3.05) is 5.73 Å². The van der Waals surface area contributed by atoms with Crippen molar-refractivity contribution in [3.05, 3.63) is 35.4 Å². The molecule has 88 valence electrons. The van der Waals surface area contributed by atoms with Crippen LogP contribution in [0.4, 0.5) is 10.2 Å². The summed E-state index contributed by atoms with van der Waals surface area (Å²) in [5.41, 5.74) is 7.33. The van der Waals surface area contributed by atoms with E-state index in [2.05, 4.69) is 4.98 Å². The Kier molecular flexibility index (Phi) is 2.33. The molecule has 0 aliphatic heterocycles. The van der Waals surface area contributed by atoms with Gasteiger partial charge in [0.15, 0.2) is 0 Å². The summed E-state index contributed by atoms with van der Waals surface area (Å²) in [5, 5.41) is 0.331. The minimum Gasteiger partial charge on any atom is -0.383 e. The molecule has 2 aromatic rings. The average Bonchev–Trinajstić information content (AvgIpc) is 3.04. The van der Waals surface area contributed by atoms with Crippen LogP contribution in [0.2, 0.25) is 5.02 Å². The molecule has 1 saturated carbocycles. The molecule has 0 unspecified atom stereocenters. The van der Waals surface area contributed by atoms with Gasteiger partial charge in [-0.2, -0.15) is 0 Å². The van der Waals surface area contributed by atoms with Crippen LogP contribution < -0.4 is 5.73 Å². The van der Waals surface area contributed by atoms with Crippen LogP contribution in [0.25, 0.3) is 11.3 Å². The molecule has 1 aliphatic carbocycles. The molecule has 1 aromatic heterocycles. The second kappa shape index (κ2) is 3.74. The molecule has 0 atom stereocenters. The second-order valence-corrected chi connectivity index (χ2v) is 4.65. The van der Waals surface area contributed by atoms with Crippen LogP contribution in [0, 0.1) is 5.82 Å². The van der Waals surface area contributed by atoms with E-state index >= 15 is 0 Å². The van der Waals surface area contributed by atoms with Crippen LogP contribution in [0.15, 0.2) is 24.5 Å². The van der Waals surface area contributed by atoms with Gasteiger partial charge in [0.25, 0.3) is 0 Å². The van der Waals surface area contributed by atoms with E-state index in [0.717, 1.165) is 12.8 Å². The quantitative estimate of drug-likeness (QED) is 0.890. The van der Waals surface area contributed by atoms with Gasteiger partial charge in [0.1, 0.15) is 17.3 Å². The summed E-state index contributed by atoms with van der Waals surface area (Å²) < 4.78 is 14.9. The third kappa shape index (κ3) is 1.78. The Morgan fingerprint density at radius 2 is 2.18 bits per heavy atom. The van der Waals surface area contributed by atoms with Crippen molar-refractivity contribution in [3.8, 4) is 11.3 Å². The molecule has 5 heteroatoms. The number of benzene rings is 1. The van der Waals surface area contributed by atoms with Crippen LogP contribution in [0.3, 0.4) is 0 Å². The number of hydrogen-bond acceptors (Lipinski definition) is 2. The maximum absolute atomic E-state index is 13.0. The van der Waals surface area contributed by atoms with E-state index in [-0.39, 0.29) is 5.82 Å². The van der Waals surface area contributed by atoms with Gasteiger partial charge in [0.05, 0.1) is 11.3 Å². The summed E-state index contributed by atoms with van der Waals surface area (Å²) >= 11 is 6.00. The number of nitrogens with two attached hydrogens (primary N) is 1. The van der Waals surface area contributed by atoms with Crippen LogP contribution in [0.5, 0.6) is 0 Å². The molecule has 1 heterocycles. The van der Waals surface area contributed by atoms with Crippen LogP contribution >= 0.6 is 11.6 Å². The Hall–Kier alpha value is -1.55. The Balaban J connectivity index is 2.08. The number of nitrogens with zero attached hydrogens (tertiary/aromatic N) is 2. The van der Waals surface area contributed by atoms with Gasteiger partial charge < -0.3 is 10.3 Å². The first kappa shape index (κ1) is 10.6. The Bertz CT molecular complexity index is 575. The van der Waals surface area contributed by atoms with E-state index in [1.807, 2.05) is 4.57 Å². The van der Waals surface area contributed by atoms with Crippen LogP contribution in [-0.4, -0.2) is 9.55 Å². The average molecular weight is 252 g/mol. The third-order valence-corrected chi connectivity index (χ3v) is 3.27. The Morgan fingerprint density at radius 1 is 1.41 bits per heavy atom. The maximum Gasteiger partial charge on any atom is 0.131 e. The first-order chi connectivity index (χ1) is 8.16. The summed E-state index contributed by atoms with van der Waals surface area (Å²) in [6.07, 6.45) is 4.00. The fourth-order valence-corrected chi connectivity index (χ4v) is 2.16. The highest BCUT2D eigenvalue weighted by atomic mass is 35.5. The molecule has 0 radical (unpaired) electrons. The number of anilines is 1. The number of aromatic nitrogens is 2. The summed E-state index contributed by atoms with van der Waals surface area (Å²) in [5.74, 6) is 0.236. The zero-order valence-electron chi connectivity index (χ0n) is 9.03. The molecule has 2 N–H and O–H groups in total. The second-order valence-electron chi connectivity index (χ2n) is 4.24. The summed E-state index contributed by atoms with van der Waals surface area (Å²) in [6, 6.07) is 4.70.